The average molecular weight is 229 g/mol. The number of rotatable bonds is 3. The highest BCUT2D eigenvalue weighted by Crippen LogP contribution is 2.08. The van der Waals surface area contributed by atoms with Gasteiger partial charge < -0.3 is 4.90 Å². The lowest BCUT2D eigenvalue weighted by atomic mass is 10.1. The van der Waals surface area contributed by atoms with Gasteiger partial charge in [-0.2, -0.15) is 0 Å². The molecule has 1 rings (SSSR count). The second-order valence-corrected chi connectivity index (χ2v) is 4.17. The smallest absolute Gasteiger partial charge is 0.226 e. The standard InChI is InChI=1S/C11H17ClN2O/c1-3-4-13-5-7-14(8-6-13)11(15)10(2)9-12/h1,10H,4-9H2,2H3. The second kappa shape index (κ2) is 5.99. The summed E-state index contributed by atoms with van der Waals surface area (Å²) in [6.45, 7) is 5.80. The average Bonchev–Trinajstić information content (AvgIpc) is 2.28. The summed E-state index contributed by atoms with van der Waals surface area (Å²) in [5.41, 5.74) is 0. The van der Waals surface area contributed by atoms with Gasteiger partial charge in [0.15, 0.2) is 0 Å². The van der Waals surface area contributed by atoms with Crippen molar-refractivity contribution in [3.8, 4) is 12.3 Å². The number of carbonyl (C=O) groups excluding carboxylic acids is 1. The summed E-state index contributed by atoms with van der Waals surface area (Å²) < 4.78 is 0. The van der Waals surface area contributed by atoms with Crippen molar-refractivity contribution in [2.45, 2.75) is 6.92 Å². The van der Waals surface area contributed by atoms with Gasteiger partial charge in [-0.05, 0) is 0 Å². The van der Waals surface area contributed by atoms with Gasteiger partial charge in [0.2, 0.25) is 5.91 Å². The maximum Gasteiger partial charge on any atom is 0.226 e. The number of hydrogen-bond acceptors (Lipinski definition) is 2. The van der Waals surface area contributed by atoms with Crippen molar-refractivity contribution in [1.29, 1.82) is 0 Å². The maximum atomic E-state index is 11.8. The number of nitrogens with zero attached hydrogens (tertiary/aromatic N) is 2. The van der Waals surface area contributed by atoms with Crippen molar-refractivity contribution in [3.05, 3.63) is 0 Å². The van der Waals surface area contributed by atoms with Crippen LogP contribution in [0.3, 0.4) is 0 Å². The van der Waals surface area contributed by atoms with Crippen molar-refractivity contribution < 1.29 is 4.79 Å². The van der Waals surface area contributed by atoms with Crippen molar-refractivity contribution >= 4 is 17.5 Å². The molecule has 0 aromatic carbocycles. The molecular weight excluding hydrogens is 212 g/mol. The lowest BCUT2D eigenvalue weighted by Gasteiger charge is -2.34. The molecule has 4 heteroatoms. The van der Waals surface area contributed by atoms with Gasteiger partial charge >= 0.3 is 0 Å². The maximum absolute atomic E-state index is 11.8. The molecule has 0 saturated carbocycles. The van der Waals surface area contributed by atoms with Crippen LogP contribution in [0.15, 0.2) is 0 Å². The molecule has 0 radical (unpaired) electrons. The van der Waals surface area contributed by atoms with Crippen LogP contribution in [-0.2, 0) is 4.79 Å². The zero-order valence-corrected chi connectivity index (χ0v) is 9.83. The molecule has 0 aromatic heterocycles. The van der Waals surface area contributed by atoms with Crippen LogP contribution in [0, 0.1) is 18.3 Å². The number of halogens is 1. The van der Waals surface area contributed by atoms with E-state index in [1.807, 2.05) is 11.8 Å². The molecule has 1 unspecified atom stereocenters. The summed E-state index contributed by atoms with van der Waals surface area (Å²) in [5, 5.41) is 0. The highest BCUT2D eigenvalue weighted by atomic mass is 35.5. The lowest BCUT2D eigenvalue weighted by Crippen LogP contribution is -2.50. The molecule has 1 atom stereocenters. The van der Waals surface area contributed by atoms with Crippen molar-refractivity contribution in [2.24, 2.45) is 5.92 Å². The zero-order valence-electron chi connectivity index (χ0n) is 9.08. The fraction of sp³-hybridized carbons (Fsp3) is 0.727. The van der Waals surface area contributed by atoms with Gasteiger partial charge in [-0.15, -0.1) is 18.0 Å². The molecule has 1 fully saturated rings. The summed E-state index contributed by atoms with van der Waals surface area (Å²) >= 11 is 5.66. The third-order valence-corrected chi connectivity index (χ3v) is 3.11. The summed E-state index contributed by atoms with van der Waals surface area (Å²) in [4.78, 5) is 15.8. The normalized spacial score (nSPS) is 19.7. The fourth-order valence-electron chi connectivity index (χ4n) is 1.63. The molecule has 0 aromatic rings. The van der Waals surface area contributed by atoms with Crippen LogP contribution in [0.2, 0.25) is 0 Å². The van der Waals surface area contributed by atoms with Gasteiger partial charge in [-0.25, -0.2) is 0 Å². The molecular formula is C11H17ClN2O. The Morgan fingerprint density at radius 1 is 1.47 bits per heavy atom. The van der Waals surface area contributed by atoms with Gasteiger partial charge in [0.1, 0.15) is 0 Å². The molecule has 1 saturated heterocycles. The van der Waals surface area contributed by atoms with E-state index in [0.717, 1.165) is 26.2 Å². The van der Waals surface area contributed by atoms with E-state index < -0.39 is 0 Å². The second-order valence-electron chi connectivity index (χ2n) is 3.86. The molecule has 1 amide bonds. The topological polar surface area (TPSA) is 23.6 Å². The van der Waals surface area contributed by atoms with E-state index in [1.165, 1.54) is 0 Å². The molecule has 15 heavy (non-hydrogen) atoms. The summed E-state index contributed by atoms with van der Waals surface area (Å²) in [5.74, 6) is 3.09. The predicted molar refractivity (Wildman–Crippen MR) is 61.7 cm³/mol. The van der Waals surface area contributed by atoms with E-state index in [9.17, 15) is 4.79 Å². The predicted octanol–water partition coefficient (Wildman–Crippen LogP) is 0.639. The van der Waals surface area contributed by atoms with Crippen LogP contribution in [0.5, 0.6) is 0 Å². The summed E-state index contributed by atoms with van der Waals surface area (Å²) in [7, 11) is 0. The number of piperazine rings is 1. The fourth-order valence-corrected chi connectivity index (χ4v) is 1.77. The van der Waals surface area contributed by atoms with E-state index in [2.05, 4.69) is 10.8 Å². The van der Waals surface area contributed by atoms with Crippen molar-refractivity contribution in [2.75, 3.05) is 38.6 Å². The molecule has 1 heterocycles. The Hall–Kier alpha value is -0.720. The number of alkyl halides is 1. The number of hydrogen-bond donors (Lipinski definition) is 0. The first kappa shape index (κ1) is 12.4. The van der Waals surface area contributed by atoms with Gasteiger partial charge in [0.25, 0.3) is 0 Å². The van der Waals surface area contributed by atoms with Gasteiger partial charge in [-0.3, -0.25) is 9.69 Å². The van der Waals surface area contributed by atoms with E-state index in [-0.39, 0.29) is 11.8 Å². The molecule has 3 nitrogen and oxygen atoms in total. The van der Waals surface area contributed by atoms with Gasteiger partial charge in [0.05, 0.1) is 6.54 Å². The molecule has 0 aliphatic carbocycles. The Morgan fingerprint density at radius 2 is 2.07 bits per heavy atom. The first-order valence-corrected chi connectivity index (χ1v) is 5.73. The third kappa shape index (κ3) is 3.40. The minimum absolute atomic E-state index is 0.0779. The Labute approximate surface area is 96.4 Å². The summed E-state index contributed by atoms with van der Waals surface area (Å²) in [6, 6.07) is 0. The van der Waals surface area contributed by atoms with E-state index in [4.69, 9.17) is 18.0 Å². The highest BCUT2D eigenvalue weighted by molar-refractivity contribution is 6.19. The van der Waals surface area contributed by atoms with Crippen molar-refractivity contribution in [1.82, 2.24) is 9.80 Å². The van der Waals surface area contributed by atoms with Crippen LogP contribution in [-0.4, -0.2) is 54.3 Å². The SMILES string of the molecule is C#CCN1CCN(C(=O)C(C)CCl)CC1. The Morgan fingerprint density at radius 3 is 2.53 bits per heavy atom. The largest absolute Gasteiger partial charge is 0.340 e. The van der Waals surface area contributed by atoms with E-state index in [1.54, 1.807) is 0 Å². The van der Waals surface area contributed by atoms with Crippen LogP contribution in [0.4, 0.5) is 0 Å². The molecule has 0 spiro atoms. The van der Waals surface area contributed by atoms with Crippen LogP contribution >= 0.6 is 11.6 Å². The number of amides is 1. The van der Waals surface area contributed by atoms with E-state index >= 15 is 0 Å². The molecule has 1 aliphatic heterocycles. The van der Waals surface area contributed by atoms with Crippen molar-refractivity contribution in [3.63, 3.8) is 0 Å². The quantitative estimate of drug-likeness (QED) is 0.523. The highest BCUT2D eigenvalue weighted by Gasteiger charge is 2.23. The van der Waals surface area contributed by atoms with Crippen LogP contribution in [0.1, 0.15) is 6.92 Å². The first-order valence-electron chi connectivity index (χ1n) is 5.19. The van der Waals surface area contributed by atoms with Gasteiger partial charge in [0, 0.05) is 38.0 Å². The lowest BCUT2D eigenvalue weighted by molar-refractivity contribution is -0.135. The monoisotopic (exact) mass is 228 g/mol. The Balaban J connectivity index is 2.37. The molecule has 0 bridgehead atoms. The number of carbonyl (C=O) groups is 1. The Bertz CT molecular complexity index is 254. The minimum atomic E-state index is -0.0779. The first-order chi connectivity index (χ1) is 7.19. The number of terminal acetylenes is 1. The van der Waals surface area contributed by atoms with Crippen LogP contribution in [0.25, 0.3) is 0 Å². The Kier molecular flexibility index (Phi) is 4.93. The van der Waals surface area contributed by atoms with Gasteiger partial charge in [-0.1, -0.05) is 12.8 Å². The minimum Gasteiger partial charge on any atom is -0.340 e. The van der Waals surface area contributed by atoms with Crippen LogP contribution < -0.4 is 0 Å². The summed E-state index contributed by atoms with van der Waals surface area (Å²) in [6.07, 6.45) is 5.23. The van der Waals surface area contributed by atoms with E-state index in [0.29, 0.717) is 12.4 Å². The third-order valence-electron chi connectivity index (χ3n) is 2.65. The molecule has 1 aliphatic rings. The zero-order chi connectivity index (χ0) is 11.3. The molecule has 84 valence electrons. The molecule has 0 N–H and O–H groups in total.